The van der Waals surface area contributed by atoms with E-state index in [1.807, 2.05) is 99.6 Å². The number of hydrogen-bond donors (Lipinski definition) is 1. The maximum absolute atomic E-state index is 13.5. The highest BCUT2D eigenvalue weighted by atomic mass is 16.5. The van der Waals surface area contributed by atoms with Gasteiger partial charge in [-0.1, -0.05) is 72.3 Å². The number of benzene rings is 3. The Hall–Kier alpha value is -3.60. The lowest BCUT2D eigenvalue weighted by Crippen LogP contribution is -2.51. The third kappa shape index (κ3) is 6.94. The average Bonchev–Trinajstić information content (AvgIpc) is 2.82. The van der Waals surface area contributed by atoms with Crippen LogP contribution in [0.15, 0.2) is 78.9 Å². The summed E-state index contributed by atoms with van der Waals surface area (Å²) in [4.78, 5) is 28.2. The first-order chi connectivity index (χ1) is 16.0. The van der Waals surface area contributed by atoms with E-state index in [1.54, 1.807) is 4.90 Å². The van der Waals surface area contributed by atoms with Crippen molar-refractivity contribution in [1.29, 1.82) is 0 Å². The summed E-state index contributed by atoms with van der Waals surface area (Å²) in [5, 5.41) is 2.91. The monoisotopic (exact) mass is 444 g/mol. The number of rotatable bonds is 10. The summed E-state index contributed by atoms with van der Waals surface area (Å²) in [5.41, 5.74) is 4.19. The first kappa shape index (κ1) is 24.1. The molecule has 5 heteroatoms. The Morgan fingerprint density at radius 2 is 1.58 bits per heavy atom. The molecule has 3 aromatic carbocycles. The standard InChI is InChI=1S/C28H32N2O3/c1-4-29-28(32)26(18-23-11-6-5-7-12-23)30(19-24-13-9-8-10-22(24)3)27(31)20-33-25-16-14-21(2)15-17-25/h5-17,26H,4,18-20H2,1-3H3,(H,29,32). The molecule has 0 heterocycles. The normalized spacial score (nSPS) is 11.5. The Morgan fingerprint density at radius 3 is 2.24 bits per heavy atom. The van der Waals surface area contributed by atoms with Crippen LogP contribution >= 0.6 is 0 Å². The topological polar surface area (TPSA) is 58.6 Å². The van der Waals surface area contributed by atoms with Crippen LogP contribution in [0.5, 0.6) is 5.75 Å². The highest BCUT2D eigenvalue weighted by Gasteiger charge is 2.30. The zero-order chi connectivity index (χ0) is 23.6. The van der Waals surface area contributed by atoms with Crippen molar-refractivity contribution in [3.05, 3.63) is 101 Å². The second-order valence-corrected chi connectivity index (χ2v) is 8.15. The molecule has 5 nitrogen and oxygen atoms in total. The summed E-state index contributed by atoms with van der Waals surface area (Å²) in [6, 6.07) is 24.6. The van der Waals surface area contributed by atoms with Gasteiger partial charge in [-0.05, 0) is 49.6 Å². The van der Waals surface area contributed by atoms with Gasteiger partial charge in [-0.3, -0.25) is 9.59 Å². The molecule has 3 aromatic rings. The molecule has 3 rings (SSSR count). The van der Waals surface area contributed by atoms with Crippen molar-refractivity contribution in [1.82, 2.24) is 10.2 Å². The number of carbonyl (C=O) groups is 2. The van der Waals surface area contributed by atoms with Crippen molar-refractivity contribution in [2.24, 2.45) is 0 Å². The van der Waals surface area contributed by atoms with Crippen LogP contribution in [0.2, 0.25) is 0 Å². The fourth-order valence-corrected chi connectivity index (χ4v) is 3.68. The van der Waals surface area contributed by atoms with E-state index in [1.165, 1.54) is 0 Å². The largest absolute Gasteiger partial charge is 0.484 e. The average molecular weight is 445 g/mol. The van der Waals surface area contributed by atoms with Crippen molar-refractivity contribution < 1.29 is 14.3 Å². The number of amides is 2. The van der Waals surface area contributed by atoms with E-state index in [2.05, 4.69) is 5.32 Å². The summed E-state index contributed by atoms with van der Waals surface area (Å²) in [6.07, 6.45) is 0.425. The van der Waals surface area contributed by atoms with E-state index >= 15 is 0 Å². The van der Waals surface area contributed by atoms with Crippen LogP contribution in [0.3, 0.4) is 0 Å². The number of nitrogens with one attached hydrogen (secondary N) is 1. The van der Waals surface area contributed by atoms with Gasteiger partial charge in [-0.15, -0.1) is 0 Å². The van der Waals surface area contributed by atoms with Gasteiger partial charge in [-0.2, -0.15) is 0 Å². The molecule has 0 saturated carbocycles. The van der Waals surface area contributed by atoms with Gasteiger partial charge < -0.3 is 15.0 Å². The van der Waals surface area contributed by atoms with Gasteiger partial charge in [0.2, 0.25) is 5.91 Å². The van der Waals surface area contributed by atoms with Crippen molar-refractivity contribution in [2.75, 3.05) is 13.2 Å². The summed E-state index contributed by atoms with van der Waals surface area (Å²) in [6.45, 7) is 6.58. The Morgan fingerprint density at radius 1 is 0.909 bits per heavy atom. The molecule has 0 bridgehead atoms. The minimum Gasteiger partial charge on any atom is -0.484 e. The van der Waals surface area contributed by atoms with Gasteiger partial charge >= 0.3 is 0 Å². The van der Waals surface area contributed by atoms with Crippen molar-refractivity contribution in [3.8, 4) is 5.75 Å². The molecule has 33 heavy (non-hydrogen) atoms. The molecule has 1 atom stereocenters. The fourth-order valence-electron chi connectivity index (χ4n) is 3.68. The maximum Gasteiger partial charge on any atom is 0.261 e. The molecule has 0 spiro atoms. The lowest BCUT2D eigenvalue weighted by molar-refractivity contribution is -0.142. The zero-order valence-electron chi connectivity index (χ0n) is 19.6. The predicted molar refractivity (Wildman–Crippen MR) is 131 cm³/mol. The third-order valence-corrected chi connectivity index (χ3v) is 5.61. The quantitative estimate of drug-likeness (QED) is 0.502. The summed E-state index contributed by atoms with van der Waals surface area (Å²) in [7, 11) is 0. The van der Waals surface area contributed by atoms with Crippen molar-refractivity contribution >= 4 is 11.8 Å². The number of ether oxygens (including phenoxy) is 1. The number of carbonyl (C=O) groups excluding carboxylic acids is 2. The van der Waals surface area contributed by atoms with Crippen molar-refractivity contribution in [3.63, 3.8) is 0 Å². The molecule has 1 unspecified atom stereocenters. The second kappa shape index (κ2) is 11.9. The molecule has 1 N–H and O–H groups in total. The Balaban J connectivity index is 1.89. The van der Waals surface area contributed by atoms with Gasteiger partial charge in [0.1, 0.15) is 11.8 Å². The van der Waals surface area contributed by atoms with E-state index in [0.29, 0.717) is 25.3 Å². The SMILES string of the molecule is CCNC(=O)C(Cc1ccccc1)N(Cc1ccccc1C)C(=O)COc1ccc(C)cc1. The van der Waals surface area contributed by atoms with E-state index in [-0.39, 0.29) is 18.4 Å². The van der Waals surface area contributed by atoms with E-state index in [9.17, 15) is 9.59 Å². The van der Waals surface area contributed by atoms with Crippen LogP contribution < -0.4 is 10.1 Å². The number of aryl methyl sites for hydroxylation is 2. The molecule has 0 aromatic heterocycles. The van der Waals surface area contributed by atoms with Gasteiger partial charge in [0, 0.05) is 19.5 Å². The van der Waals surface area contributed by atoms with Gasteiger partial charge in [-0.25, -0.2) is 0 Å². The number of nitrogens with zero attached hydrogens (tertiary/aromatic N) is 1. The summed E-state index contributed by atoms with van der Waals surface area (Å²) in [5.74, 6) is 0.229. The highest BCUT2D eigenvalue weighted by molar-refractivity contribution is 5.88. The predicted octanol–water partition coefficient (Wildman–Crippen LogP) is 4.46. The van der Waals surface area contributed by atoms with Gasteiger partial charge in [0.25, 0.3) is 5.91 Å². The summed E-state index contributed by atoms with van der Waals surface area (Å²) >= 11 is 0. The zero-order valence-corrected chi connectivity index (χ0v) is 19.6. The molecule has 172 valence electrons. The molecule has 2 amide bonds. The minimum atomic E-state index is -0.652. The van der Waals surface area contributed by atoms with Crippen LogP contribution in [0.4, 0.5) is 0 Å². The molecule has 0 saturated heterocycles. The van der Waals surface area contributed by atoms with Crippen LogP contribution in [0.25, 0.3) is 0 Å². The molecule has 0 radical (unpaired) electrons. The Bertz CT molecular complexity index is 1050. The molecule has 0 aliphatic carbocycles. The minimum absolute atomic E-state index is 0.139. The Kier molecular flexibility index (Phi) is 8.64. The van der Waals surface area contributed by atoms with Crippen LogP contribution in [-0.4, -0.2) is 35.9 Å². The molecular weight excluding hydrogens is 412 g/mol. The maximum atomic E-state index is 13.5. The molecule has 0 fully saturated rings. The van der Waals surface area contributed by atoms with Gasteiger partial charge in [0.15, 0.2) is 6.61 Å². The first-order valence-corrected chi connectivity index (χ1v) is 11.3. The van der Waals surface area contributed by atoms with E-state index in [0.717, 1.165) is 22.3 Å². The van der Waals surface area contributed by atoms with Crippen LogP contribution in [-0.2, 0) is 22.6 Å². The lowest BCUT2D eigenvalue weighted by Gasteiger charge is -2.31. The molecule has 0 aliphatic heterocycles. The van der Waals surface area contributed by atoms with Crippen molar-refractivity contribution in [2.45, 2.75) is 39.8 Å². The first-order valence-electron chi connectivity index (χ1n) is 11.3. The number of hydrogen-bond acceptors (Lipinski definition) is 3. The van der Waals surface area contributed by atoms with Gasteiger partial charge in [0.05, 0.1) is 0 Å². The molecular formula is C28H32N2O3. The smallest absolute Gasteiger partial charge is 0.261 e. The van der Waals surface area contributed by atoms with E-state index in [4.69, 9.17) is 4.74 Å². The second-order valence-electron chi connectivity index (χ2n) is 8.15. The highest BCUT2D eigenvalue weighted by Crippen LogP contribution is 2.18. The summed E-state index contributed by atoms with van der Waals surface area (Å²) < 4.78 is 5.79. The van der Waals surface area contributed by atoms with Crippen LogP contribution in [0.1, 0.15) is 29.2 Å². The lowest BCUT2D eigenvalue weighted by atomic mass is 10.0. The fraction of sp³-hybridized carbons (Fsp3) is 0.286. The Labute approximate surface area is 196 Å². The molecule has 0 aliphatic rings. The van der Waals surface area contributed by atoms with E-state index < -0.39 is 6.04 Å². The third-order valence-electron chi connectivity index (χ3n) is 5.61. The number of likely N-dealkylation sites (N-methyl/N-ethyl adjacent to an activating group) is 1. The van der Waals surface area contributed by atoms with Crippen LogP contribution in [0, 0.1) is 13.8 Å².